The summed E-state index contributed by atoms with van der Waals surface area (Å²) in [5.74, 6) is 0.645. The average molecular weight is 263 g/mol. The molecule has 1 aromatic carbocycles. The van der Waals surface area contributed by atoms with E-state index in [0.29, 0.717) is 6.42 Å². The zero-order chi connectivity index (χ0) is 14.1. The van der Waals surface area contributed by atoms with Crippen molar-refractivity contribution in [1.82, 2.24) is 5.32 Å². The number of hydrogen-bond acceptors (Lipinski definition) is 3. The highest BCUT2D eigenvalue weighted by Gasteiger charge is 2.06. The molecule has 4 heteroatoms. The van der Waals surface area contributed by atoms with E-state index in [1.54, 1.807) is 13.2 Å². The maximum Gasteiger partial charge on any atom is 0.244 e. The Hall–Kier alpha value is -1.81. The van der Waals surface area contributed by atoms with Crippen LogP contribution in [0.4, 0.5) is 0 Å². The van der Waals surface area contributed by atoms with E-state index in [9.17, 15) is 4.79 Å². The molecule has 0 aliphatic rings. The first-order valence-corrected chi connectivity index (χ1v) is 6.43. The molecule has 1 rings (SSSR count). The zero-order valence-electron chi connectivity index (χ0n) is 11.4. The van der Waals surface area contributed by atoms with Crippen LogP contribution < -0.4 is 10.1 Å². The quantitative estimate of drug-likeness (QED) is 0.740. The lowest BCUT2D eigenvalue weighted by molar-refractivity contribution is -0.117. The minimum Gasteiger partial charge on any atom is -0.497 e. The van der Waals surface area contributed by atoms with Gasteiger partial charge < -0.3 is 15.2 Å². The van der Waals surface area contributed by atoms with Gasteiger partial charge in [-0.25, -0.2) is 0 Å². The smallest absolute Gasteiger partial charge is 0.244 e. The van der Waals surface area contributed by atoms with Crippen LogP contribution in [0.3, 0.4) is 0 Å². The Morgan fingerprint density at radius 3 is 2.63 bits per heavy atom. The fourth-order valence-electron chi connectivity index (χ4n) is 1.67. The fraction of sp³-hybridized carbons (Fsp3) is 0.400. The summed E-state index contributed by atoms with van der Waals surface area (Å²) in [7, 11) is 1.62. The van der Waals surface area contributed by atoms with Crippen LogP contribution in [0.1, 0.15) is 25.3 Å². The predicted octanol–water partition coefficient (Wildman–Crippen LogP) is 1.99. The SMILES string of the molecule is CCC(CCO)NC(=O)/C=C/c1ccc(OC)cc1. The third kappa shape index (κ3) is 5.57. The Kier molecular flexibility index (Phi) is 6.68. The van der Waals surface area contributed by atoms with Gasteiger partial charge in [-0.15, -0.1) is 0 Å². The molecule has 0 aliphatic carbocycles. The lowest BCUT2D eigenvalue weighted by Gasteiger charge is -2.13. The van der Waals surface area contributed by atoms with E-state index >= 15 is 0 Å². The molecule has 0 bridgehead atoms. The molecule has 104 valence electrons. The molecule has 0 saturated carbocycles. The molecule has 2 N–H and O–H groups in total. The van der Waals surface area contributed by atoms with Crippen molar-refractivity contribution < 1.29 is 14.6 Å². The highest BCUT2D eigenvalue weighted by atomic mass is 16.5. The van der Waals surface area contributed by atoms with Gasteiger partial charge in [-0.05, 0) is 36.6 Å². The van der Waals surface area contributed by atoms with Crippen LogP contribution in [-0.4, -0.2) is 30.8 Å². The van der Waals surface area contributed by atoms with E-state index in [-0.39, 0.29) is 18.6 Å². The molecule has 0 aromatic heterocycles. The number of aliphatic hydroxyl groups is 1. The Balaban J connectivity index is 2.52. The molecule has 1 atom stereocenters. The van der Waals surface area contributed by atoms with Crippen molar-refractivity contribution in [3.8, 4) is 5.75 Å². The van der Waals surface area contributed by atoms with Crippen molar-refractivity contribution in [3.05, 3.63) is 35.9 Å². The molecule has 0 radical (unpaired) electrons. The second-order valence-electron chi connectivity index (χ2n) is 4.23. The van der Waals surface area contributed by atoms with Crippen molar-refractivity contribution in [2.75, 3.05) is 13.7 Å². The standard InChI is InChI=1S/C15H21NO3/c1-3-13(10-11-17)16-15(18)9-6-12-4-7-14(19-2)8-5-12/h4-9,13,17H,3,10-11H2,1-2H3,(H,16,18)/b9-6+. The highest BCUT2D eigenvalue weighted by Crippen LogP contribution is 2.12. The largest absolute Gasteiger partial charge is 0.497 e. The van der Waals surface area contributed by atoms with Gasteiger partial charge in [0.15, 0.2) is 0 Å². The highest BCUT2D eigenvalue weighted by molar-refractivity contribution is 5.91. The number of nitrogens with one attached hydrogen (secondary N) is 1. The molecule has 4 nitrogen and oxygen atoms in total. The van der Waals surface area contributed by atoms with Crippen molar-refractivity contribution in [3.63, 3.8) is 0 Å². The van der Waals surface area contributed by atoms with E-state index in [2.05, 4.69) is 5.32 Å². The van der Waals surface area contributed by atoms with Crippen molar-refractivity contribution >= 4 is 12.0 Å². The number of rotatable bonds is 7. The van der Waals surface area contributed by atoms with Crippen molar-refractivity contribution in [1.29, 1.82) is 0 Å². The third-order valence-corrected chi connectivity index (χ3v) is 2.86. The second kappa shape index (κ2) is 8.32. The number of hydrogen-bond donors (Lipinski definition) is 2. The Labute approximate surface area is 114 Å². The Morgan fingerprint density at radius 1 is 1.42 bits per heavy atom. The van der Waals surface area contributed by atoms with E-state index in [1.165, 1.54) is 6.08 Å². The van der Waals surface area contributed by atoms with Gasteiger partial charge in [0.1, 0.15) is 5.75 Å². The van der Waals surface area contributed by atoms with Crippen molar-refractivity contribution in [2.45, 2.75) is 25.8 Å². The number of methoxy groups -OCH3 is 1. The number of benzene rings is 1. The first-order valence-electron chi connectivity index (χ1n) is 6.43. The lowest BCUT2D eigenvalue weighted by Crippen LogP contribution is -2.33. The summed E-state index contributed by atoms with van der Waals surface area (Å²) in [5, 5.41) is 11.7. The van der Waals surface area contributed by atoms with Gasteiger partial charge in [-0.1, -0.05) is 19.1 Å². The molecule has 0 heterocycles. The van der Waals surface area contributed by atoms with Crippen LogP contribution in [0.5, 0.6) is 5.75 Å². The predicted molar refractivity (Wildman–Crippen MR) is 76.0 cm³/mol. The first-order chi connectivity index (χ1) is 9.19. The monoisotopic (exact) mass is 263 g/mol. The third-order valence-electron chi connectivity index (χ3n) is 2.86. The van der Waals surface area contributed by atoms with Gasteiger partial charge in [0.2, 0.25) is 5.91 Å². The number of carbonyl (C=O) groups excluding carboxylic acids is 1. The van der Waals surface area contributed by atoms with E-state index in [0.717, 1.165) is 17.7 Å². The maximum absolute atomic E-state index is 11.7. The number of amides is 1. The summed E-state index contributed by atoms with van der Waals surface area (Å²) >= 11 is 0. The molecule has 0 fully saturated rings. The van der Waals surface area contributed by atoms with Crippen LogP contribution in [0, 0.1) is 0 Å². The summed E-state index contributed by atoms with van der Waals surface area (Å²) in [6, 6.07) is 7.48. The molecule has 1 aromatic rings. The molecule has 1 unspecified atom stereocenters. The summed E-state index contributed by atoms with van der Waals surface area (Å²) in [6.45, 7) is 2.06. The minimum absolute atomic E-state index is 0.0259. The summed E-state index contributed by atoms with van der Waals surface area (Å²) in [5.41, 5.74) is 0.936. The van der Waals surface area contributed by atoms with Crippen LogP contribution in [0.25, 0.3) is 6.08 Å². The number of carbonyl (C=O) groups is 1. The summed E-state index contributed by atoms with van der Waals surface area (Å²) in [4.78, 5) is 11.7. The van der Waals surface area contributed by atoms with Gasteiger partial charge >= 0.3 is 0 Å². The molecular weight excluding hydrogens is 242 g/mol. The second-order valence-corrected chi connectivity index (χ2v) is 4.23. The molecular formula is C15H21NO3. The van der Waals surface area contributed by atoms with Gasteiger partial charge in [0.25, 0.3) is 0 Å². The van der Waals surface area contributed by atoms with E-state index in [1.807, 2.05) is 31.2 Å². The molecule has 19 heavy (non-hydrogen) atoms. The van der Waals surface area contributed by atoms with E-state index < -0.39 is 0 Å². The minimum atomic E-state index is -0.142. The maximum atomic E-state index is 11.7. The summed E-state index contributed by atoms with van der Waals surface area (Å²) < 4.78 is 5.06. The molecule has 1 amide bonds. The number of ether oxygens (including phenoxy) is 1. The lowest BCUT2D eigenvalue weighted by atomic mass is 10.1. The van der Waals surface area contributed by atoms with E-state index in [4.69, 9.17) is 9.84 Å². The van der Waals surface area contributed by atoms with Crippen LogP contribution >= 0.6 is 0 Å². The van der Waals surface area contributed by atoms with Crippen LogP contribution in [0.15, 0.2) is 30.3 Å². The zero-order valence-corrected chi connectivity index (χ0v) is 11.4. The Bertz CT molecular complexity index is 412. The van der Waals surface area contributed by atoms with Crippen LogP contribution in [-0.2, 0) is 4.79 Å². The van der Waals surface area contributed by atoms with Crippen molar-refractivity contribution in [2.24, 2.45) is 0 Å². The van der Waals surface area contributed by atoms with Gasteiger partial charge in [-0.3, -0.25) is 4.79 Å². The van der Waals surface area contributed by atoms with Gasteiger partial charge in [0.05, 0.1) is 7.11 Å². The summed E-state index contributed by atoms with van der Waals surface area (Å²) in [6.07, 6.45) is 4.64. The number of aliphatic hydroxyl groups excluding tert-OH is 1. The fourth-order valence-corrected chi connectivity index (χ4v) is 1.67. The van der Waals surface area contributed by atoms with Gasteiger partial charge in [-0.2, -0.15) is 0 Å². The normalized spacial score (nSPS) is 12.4. The first kappa shape index (κ1) is 15.2. The average Bonchev–Trinajstić information content (AvgIpc) is 2.45. The Morgan fingerprint density at radius 2 is 2.11 bits per heavy atom. The topological polar surface area (TPSA) is 58.6 Å². The molecule has 0 saturated heterocycles. The van der Waals surface area contributed by atoms with Crippen LogP contribution in [0.2, 0.25) is 0 Å². The molecule has 0 spiro atoms. The molecule has 0 aliphatic heterocycles. The van der Waals surface area contributed by atoms with Gasteiger partial charge in [0, 0.05) is 18.7 Å².